The number of amides is 1. The summed E-state index contributed by atoms with van der Waals surface area (Å²) in [5, 5.41) is 6.34. The summed E-state index contributed by atoms with van der Waals surface area (Å²) >= 11 is 0. The summed E-state index contributed by atoms with van der Waals surface area (Å²) in [6.45, 7) is 10.00. The first-order valence-corrected chi connectivity index (χ1v) is 7.40. The van der Waals surface area contributed by atoms with Crippen molar-refractivity contribution in [3.63, 3.8) is 0 Å². The highest BCUT2D eigenvalue weighted by Gasteiger charge is 2.21. The quantitative estimate of drug-likeness (QED) is 0.786. The van der Waals surface area contributed by atoms with Crippen LogP contribution in [0.2, 0.25) is 0 Å². The molecule has 1 aliphatic heterocycles. The van der Waals surface area contributed by atoms with Crippen molar-refractivity contribution in [1.82, 2.24) is 15.5 Å². The van der Waals surface area contributed by atoms with Crippen LogP contribution in [-0.2, 0) is 4.79 Å². The topological polar surface area (TPSA) is 44.4 Å². The second kappa shape index (κ2) is 12.7. The fraction of sp³-hybridized carbons (Fsp3) is 0.929. The average Bonchev–Trinajstić information content (AvgIpc) is 2.64. The summed E-state index contributed by atoms with van der Waals surface area (Å²) in [4.78, 5) is 14.4. The van der Waals surface area contributed by atoms with Gasteiger partial charge in [-0.3, -0.25) is 9.69 Å². The van der Waals surface area contributed by atoms with Crippen molar-refractivity contribution in [3.8, 4) is 0 Å². The van der Waals surface area contributed by atoms with Crippen molar-refractivity contribution in [3.05, 3.63) is 0 Å². The van der Waals surface area contributed by atoms with Gasteiger partial charge in [0.25, 0.3) is 0 Å². The van der Waals surface area contributed by atoms with E-state index in [2.05, 4.69) is 29.4 Å². The van der Waals surface area contributed by atoms with Gasteiger partial charge in [-0.25, -0.2) is 0 Å². The molecule has 2 atom stereocenters. The maximum atomic E-state index is 12.1. The van der Waals surface area contributed by atoms with Crippen molar-refractivity contribution in [1.29, 1.82) is 0 Å². The Hall–Kier alpha value is -0.0300. The smallest absolute Gasteiger partial charge is 0.237 e. The number of likely N-dealkylation sites (N-methyl/N-ethyl adjacent to an activating group) is 1. The Labute approximate surface area is 136 Å². The zero-order valence-corrected chi connectivity index (χ0v) is 14.6. The molecule has 0 bridgehead atoms. The van der Waals surface area contributed by atoms with E-state index in [0.717, 1.165) is 19.6 Å². The third kappa shape index (κ3) is 8.30. The molecule has 1 heterocycles. The lowest BCUT2D eigenvalue weighted by Crippen LogP contribution is -2.48. The van der Waals surface area contributed by atoms with Crippen LogP contribution in [0, 0.1) is 0 Å². The number of nitrogens with zero attached hydrogens (tertiary/aromatic N) is 1. The van der Waals surface area contributed by atoms with Crippen LogP contribution in [0.15, 0.2) is 0 Å². The second-order valence-electron chi connectivity index (χ2n) is 5.33. The maximum absolute atomic E-state index is 12.1. The molecule has 1 unspecified atom stereocenters. The molecular weight excluding hydrogens is 297 g/mol. The lowest BCUT2D eigenvalue weighted by molar-refractivity contribution is -0.125. The molecule has 0 spiro atoms. The lowest BCUT2D eigenvalue weighted by Gasteiger charge is -2.27. The van der Waals surface area contributed by atoms with Crippen molar-refractivity contribution >= 4 is 30.7 Å². The standard InChI is InChI=1S/C14H29N3O.2ClH/c1-4-15-12(2)11-16-14(18)13(3)17-9-7-5-6-8-10-17;;/h12-13,15H,4-11H2,1-3H3,(H,16,18);2*1H/t12-,13?;;/m1../s1. The van der Waals surface area contributed by atoms with Crippen LogP contribution in [0.5, 0.6) is 0 Å². The molecule has 122 valence electrons. The van der Waals surface area contributed by atoms with Gasteiger partial charge in [0, 0.05) is 12.6 Å². The van der Waals surface area contributed by atoms with Gasteiger partial charge in [-0.1, -0.05) is 19.8 Å². The summed E-state index contributed by atoms with van der Waals surface area (Å²) in [6.07, 6.45) is 5.07. The average molecular weight is 328 g/mol. The molecule has 0 aromatic heterocycles. The summed E-state index contributed by atoms with van der Waals surface area (Å²) in [5.41, 5.74) is 0. The van der Waals surface area contributed by atoms with Gasteiger partial charge >= 0.3 is 0 Å². The lowest BCUT2D eigenvalue weighted by atomic mass is 10.2. The number of hydrogen-bond acceptors (Lipinski definition) is 3. The fourth-order valence-electron chi connectivity index (χ4n) is 2.47. The maximum Gasteiger partial charge on any atom is 0.237 e. The minimum atomic E-state index is 0. The van der Waals surface area contributed by atoms with E-state index >= 15 is 0 Å². The highest BCUT2D eigenvalue weighted by atomic mass is 35.5. The fourth-order valence-corrected chi connectivity index (χ4v) is 2.47. The molecule has 1 fully saturated rings. The van der Waals surface area contributed by atoms with Crippen LogP contribution in [0.3, 0.4) is 0 Å². The van der Waals surface area contributed by atoms with Gasteiger partial charge in [0.05, 0.1) is 6.04 Å². The molecule has 0 radical (unpaired) electrons. The molecule has 0 aromatic carbocycles. The van der Waals surface area contributed by atoms with Gasteiger partial charge in [0.2, 0.25) is 5.91 Å². The monoisotopic (exact) mass is 327 g/mol. The van der Waals surface area contributed by atoms with E-state index in [1.807, 2.05) is 6.92 Å². The second-order valence-corrected chi connectivity index (χ2v) is 5.33. The summed E-state index contributed by atoms with van der Waals surface area (Å²) < 4.78 is 0. The minimum Gasteiger partial charge on any atom is -0.353 e. The first kappa shape index (κ1) is 22.3. The Morgan fingerprint density at radius 1 is 1.10 bits per heavy atom. The van der Waals surface area contributed by atoms with Crippen molar-refractivity contribution in [2.45, 2.75) is 58.5 Å². The van der Waals surface area contributed by atoms with Gasteiger partial charge in [-0.05, 0) is 46.3 Å². The Kier molecular flexibility index (Phi) is 14.1. The first-order valence-electron chi connectivity index (χ1n) is 7.40. The Morgan fingerprint density at radius 2 is 1.65 bits per heavy atom. The molecule has 1 aliphatic rings. The largest absolute Gasteiger partial charge is 0.353 e. The van der Waals surface area contributed by atoms with E-state index in [9.17, 15) is 4.79 Å². The number of rotatable bonds is 6. The van der Waals surface area contributed by atoms with Gasteiger partial charge < -0.3 is 10.6 Å². The Balaban J connectivity index is 0. The highest BCUT2D eigenvalue weighted by Crippen LogP contribution is 2.12. The third-order valence-electron chi connectivity index (χ3n) is 3.70. The molecule has 0 aromatic rings. The van der Waals surface area contributed by atoms with Crippen LogP contribution < -0.4 is 10.6 Å². The van der Waals surface area contributed by atoms with E-state index in [1.165, 1.54) is 25.7 Å². The zero-order valence-electron chi connectivity index (χ0n) is 13.0. The number of likely N-dealkylation sites (tertiary alicyclic amines) is 1. The normalized spacial score (nSPS) is 18.9. The summed E-state index contributed by atoms with van der Waals surface area (Å²) in [5.74, 6) is 0.168. The molecule has 1 amide bonds. The zero-order chi connectivity index (χ0) is 13.4. The SMILES string of the molecule is CCN[C@H](C)CNC(=O)C(C)N1CCCCCC1.Cl.Cl. The number of hydrogen-bond donors (Lipinski definition) is 2. The molecule has 1 saturated heterocycles. The molecule has 4 nitrogen and oxygen atoms in total. The van der Waals surface area contributed by atoms with E-state index in [-0.39, 0.29) is 36.8 Å². The number of nitrogens with one attached hydrogen (secondary N) is 2. The van der Waals surface area contributed by atoms with Crippen LogP contribution >= 0.6 is 24.8 Å². The molecule has 20 heavy (non-hydrogen) atoms. The van der Waals surface area contributed by atoms with Gasteiger partial charge in [-0.15, -0.1) is 24.8 Å². The predicted molar refractivity (Wildman–Crippen MR) is 90.1 cm³/mol. The summed E-state index contributed by atoms with van der Waals surface area (Å²) in [6, 6.07) is 0.354. The predicted octanol–water partition coefficient (Wildman–Crippen LogP) is 2.21. The van der Waals surface area contributed by atoms with Crippen LogP contribution in [-0.4, -0.2) is 49.1 Å². The van der Waals surface area contributed by atoms with Crippen LogP contribution in [0.25, 0.3) is 0 Å². The van der Waals surface area contributed by atoms with E-state index < -0.39 is 0 Å². The molecule has 1 rings (SSSR count). The van der Waals surface area contributed by atoms with Crippen molar-refractivity contribution in [2.24, 2.45) is 0 Å². The van der Waals surface area contributed by atoms with Gasteiger partial charge in [0.1, 0.15) is 0 Å². The molecule has 6 heteroatoms. The summed E-state index contributed by atoms with van der Waals surface area (Å²) in [7, 11) is 0. The van der Waals surface area contributed by atoms with Gasteiger partial charge in [0.15, 0.2) is 0 Å². The van der Waals surface area contributed by atoms with E-state index in [0.29, 0.717) is 12.6 Å². The van der Waals surface area contributed by atoms with E-state index in [4.69, 9.17) is 0 Å². The van der Waals surface area contributed by atoms with E-state index in [1.54, 1.807) is 0 Å². The van der Waals surface area contributed by atoms with Crippen LogP contribution in [0.1, 0.15) is 46.5 Å². The molecule has 0 saturated carbocycles. The van der Waals surface area contributed by atoms with Crippen molar-refractivity contribution < 1.29 is 4.79 Å². The van der Waals surface area contributed by atoms with Crippen molar-refractivity contribution in [2.75, 3.05) is 26.2 Å². The number of carbonyl (C=O) groups excluding carboxylic acids is 1. The van der Waals surface area contributed by atoms with Gasteiger partial charge in [-0.2, -0.15) is 0 Å². The highest BCUT2D eigenvalue weighted by molar-refractivity contribution is 5.85. The van der Waals surface area contributed by atoms with Crippen LogP contribution in [0.4, 0.5) is 0 Å². The Morgan fingerprint density at radius 3 is 2.15 bits per heavy atom. The molecule has 2 N–H and O–H groups in total. The number of halogens is 2. The molecule has 0 aliphatic carbocycles. The number of carbonyl (C=O) groups is 1. The molecular formula is C14H31Cl2N3O. The third-order valence-corrected chi connectivity index (χ3v) is 3.70. The first-order chi connectivity index (χ1) is 8.65. The Bertz CT molecular complexity index is 247. The minimum absolute atomic E-state index is 0.